The first kappa shape index (κ1) is 22.7. The second kappa shape index (κ2) is 10.6. The number of likely N-dealkylation sites (N-methyl/N-ethyl adjacent to an activating group) is 2. The Hall–Kier alpha value is -1.28. The molecule has 2 N–H and O–H groups in total. The molecule has 7 nitrogen and oxygen atoms in total. The van der Waals surface area contributed by atoms with Gasteiger partial charge in [-0.15, -0.1) is 11.8 Å². The van der Waals surface area contributed by atoms with E-state index in [0.717, 1.165) is 0 Å². The molecule has 0 aliphatic rings. The first-order valence-corrected chi connectivity index (χ1v) is 9.31. The Morgan fingerprint density at radius 2 is 1.88 bits per heavy atom. The highest BCUT2D eigenvalue weighted by atomic mass is 32.2. The zero-order valence-corrected chi connectivity index (χ0v) is 16.5. The highest BCUT2D eigenvalue weighted by Crippen LogP contribution is 2.21. The van der Waals surface area contributed by atoms with Crippen LogP contribution in [0, 0.1) is 5.92 Å². The van der Waals surface area contributed by atoms with Crippen LogP contribution in [0.3, 0.4) is 0 Å². The van der Waals surface area contributed by atoms with Crippen molar-refractivity contribution in [2.45, 2.75) is 51.8 Å². The van der Waals surface area contributed by atoms with Gasteiger partial charge in [0.25, 0.3) is 0 Å². The molecule has 0 aromatic heterocycles. The van der Waals surface area contributed by atoms with E-state index in [2.05, 4.69) is 10.6 Å². The molecular weight excluding hydrogens is 330 g/mol. The first-order chi connectivity index (χ1) is 11.1. The minimum absolute atomic E-state index is 0.0724. The molecular formula is C16H31N3O4S. The zero-order valence-electron chi connectivity index (χ0n) is 15.7. The molecule has 0 aliphatic carbocycles. The lowest BCUT2D eigenvalue weighted by Gasteiger charge is -2.33. The van der Waals surface area contributed by atoms with Crippen LogP contribution in [0.2, 0.25) is 0 Å². The molecule has 0 saturated carbocycles. The summed E-state index contributed by atoms with van der Waals surface area (Å²) in [6.45, 7) is 7.45. The van der Waals surface area contributed by atoms with Gasteiger partial charge in [-0.05, 0) is 26.0 Å². The van der Waals surface area contributed by atoms with Crippen LogP contribution in [0.4, 0.5) is 0 Å². The van der Waals surface area contributed by atoms with E-state index in [1.165, 1.54) is 11.9 Å². The summed E-state index contributed by atoms with van der Waals surface area (Å²) in [5, 5.41) is 5.29. The summed E-state index contributed by atoms with van der Waals surface area (Å²) in [5.74, 6) is -0.202. The SMILES string of the molecule is CNC(=O)[C@H](NC(=O)[C@H](CC(C)(C)OCSC)N(C)C=O)C(C)C. The van der Waals surface area contributed by atoms with Crippen LogP contribution in [-0.2, 0) is 19.1 Å². The molecule has 0 unspecified atom stereocenters. The third-order valence-electron chi connectivity index (χ3n) is 3.71. The number of hydrogen-bond acceptors (Lipinski definition) is 5. The minimum atomic E-state index is -0.717. The van der Waals surface area contributed by atoms with Crippen LogP contribution in [0.25, 0.3) is 0 Å². The molecule has 24 heavy (non-hydrogen) atoms. The molecule has 8 heteroatoms. The molecule has 0 aliphatic heterocycles. The number of nitrogens with zero attached hydrogens (tertiary/aromatic N) is 1. The summed E-state index contributed by atoms with van der Waals surface area (Å²) in [4.78, 5) is 37.1. The second-order valence-electron chi connectivity index (χ2n) is 6.65. The lowest BCUT2D eigenvalue weighted by Crippen LogP contribution is -2.55. The molecule has 0 aromatic rings. The minimum Gasteiger partial charge on any atom is -0.365 e. The monoisotopic (exact) mass is 361 g/mol. The van der Waals surface area contributed by atoms with Crippen LogP contribution in [0.5, 0.6) is 0 Å². The largest absolute Gasteiger partial charge is 0.365 e. The van der Waals surface area contributed by atoms with Gasteiger partial charge in [0.2, 0.25) is 18.2 Å². The topological polar surface area (TPSA) is 87.7 Å². The Bertz CT molecular complexity index is 430. The number of carbonyl (C=O) groups is 3. The molecule has 3 amide bonds. The highest BCUT2D eigenvalue weighted by molar-refractivity contribution is 7.98. The Morgan fingerprint density at radius 1 is 1.29 bits per heavy atom. The lowest BCUT2D eigenvalue weighted by molar-refractivity contribution is -0.137. The fraction of sp³-hybridized carbons (Fsp3) is 0.812. The summed E-state index contributed by atoms with van der Waals surface area (Å²) >= 11 is 1.54. The van der Waals surface area contributed by atoms with Gasteiger partial charge in [0.1, 0.15) is 12.1 Å². The molecule has 2 atom stereocenters. The Kier molecular flexibility index (Phi) is 9.99. The Labute approximate surface area is 149 Å². The smallest absolute Gasteiger partial charge is 0.243 e. The van der Waals surface area contributed by atoms with Gasteiger partial charge in [-0.1, -0.05) is 13.8 Å². The van der Waals surface area contributed by atoms with Crippen molar-refractivity contribution < 1.29 is 19.1 Å². The van der Waals surface area contributed by atoms with E-state index in [0.29, 0.717) is 18.8 Å². The molecule has 0 aromatic carbocycles. The van der Waals surface area contributed by atoms with E-state index in [1.807, 2.05) is 34.0 Å². The summed E-state index contributed by atoms with van der Waals surface area (Å²) in [5.41, 5.74) is -0.581. The number of ether oxygens (including phenoxy) is 1. The number of amides is 3. The standard InChI is InChI=1S/C16H31N3O4S/c1-11(2)13(15(22)17-5)18-14(21)12(19(6)9-20)8-16(3,4)23-10-24-7/h9,11-13H,8,10H2,1-7H3,(H,17,22)(H,18,21)/t12-,13+/m0/s1. The second-order valence-corrected chi connectivity index (χ2v) is 7.46. The quantitative estimate of drug-likeness (QED) is 0.420. The maximum absolute atomic E-state index is 12.7. The lowest BCUT2D eigenvalue weighted by atomic mass is 9.96. The molecule has 0 heterocycles. The van der Waals surface area contributed by atoms with Gasteiger partial charge < -0.3 is 20.3 Å². The van der Waals surface area contributed by atoms with Crippen LogP contribution in [0.1, 0.15) is 34.1 Å². The number of carbonyl (C=O) groups excluding carboxylic acids is 3. The molecule has 140 valence electrons. The van der Waals surface area contributed by atoms with Gasteiger partial charge in [-0.2, -0.15) is 0 Å². The van der Waals surface area contributed by atoms with E-state index in [1.54, 1.807) is 18.8 Å². The number of rotatable bonds is 11. The van der Waals surface area contributed by atoms with Gasteiger partial charge in [0.05, 0.1) is 11.5 Å². The highest BCUT2D eigenvalue weighted by Gasteiger charge is 2.34. The van der Waals surface area contributed by atoms with Gasteiger partial charge >= 0.3 is 0 Å². The molecule has 0 fully saturated rings. The van der Waals surface area contributed by atoms with Crippen molar-refractivity contribution in [3.05, 3.63) is 0 Å². The molecule has 0 rings (SSSR count). The molecule has 0 spiro atoms. The summed E-state index contributed by atoms with van der Waals surface area (Å²) in [7, 11) is 3.07. The Morgan fingerprint density at radius 3 is 2.29 bits per heavy atom. The predicted molar refractivity (Wildman–Crippen MR) is 96.6 cm³/mol. The molecule has 0 saturated heterocycles. The molecule has 0 bridgehead atoms. The number of nitrogens with one attached hydrogen (secondary N) is 2. The van der Waals surface area contributed by atoms with Crippen LogP contribution in [-0.4, -0.2) is 67.1 Å². The van der Waals surface area contributed by atoms with Crippen molar-refractivity contribution in [2.24, 2.45) is 5.92 Å². The first-order valence-electron chi connectivity index (χ1n) is 7.91. The van der Waals surface area contributed by atoms with E-state index < -0.39 is 17.7 Å². The molecule has 0 radical (unpaired) electrons. The number of thioether (sulfide) groups is 1. The van der Waals surface area contributed by atoms with E-state index in [9.17, 15) is 14.4 Å². The van der Waals surface area contributed by atoms with E-state index in [4.69, 9.17) is 4.74 Å². The summed E-state index contributed by atoms with van der Waals surface area (Å²) in [6, 6.07) is -1.37. The van der Waals surface area contributed by atoms with Crippen molar-refractivity contribution in [1.29, 1.82) is 0 Å². The van der Waals surface area contributed by atoms with Crippen molar-refractivity contribution in [3.8, 4) is 0 Å². The summed E-state index contributed by atoms with van der Waals surface area (Å²) < 4.78 is 5.74. The fourth-order valence-electron chi connectivity index (χ4n) is 2.18. The van der Waals surface area contributed by atoms with E-state index >= 15 is 0 Å². The average Bonchev–Trinajstić information content (AvgIpc) is 2.53. The van der Waals surface area contributed by atoms with Gasteiger partial charge in [0.15, 0.2) is 0 Å². The predicted octanol–water partition coefficient (Wildman–Crippen LogP) is 0.836. The fourth-order valence-corrected chi connectivity index (χ4v) is 2.61. The Balaban J connectivity index is 5.19. The van der Waals surface area contributed by atoms with E-state index in [-0.39, 0.29) is 17.7 Å². The summed E-state index contributed by atoms with van der Waals surface area (Å²) in [6.07, 6.45) is 2.86. The third kappa shape index (κ3) is 7.53. The van der Waals surface area contributed by atoms with Crippen molar-refractivity contribution in [3.63, 3.8) is 0 Å². The van der Waals surface area contributed by atoms with Crippen molar-refractivity contribution >= 4 is 30.0 Å². The van der Waals surface area contributed by atoms with Gasteiger partial charge in [-0.25, -0.2) is 0 Å². The van der Waals surface area contributed by atoms with Crippen molar-refractivity contribution in [2.75, 3.05) is 26.3 Å². The number of hydrogen-bond donors (Lipinski definition) is 2. The third-order valence-corrected chi connectivity index (χ3v) is 4.06. The van der Waals surface area contributed by atoms with Crippen LogP contribution >= 0.6 is 11.8 Å². The maximum Gasteiger partial charge on any atom is 0.243 e. The normalized spacial score (nSPS) is 14.0. The van der Waals surface area contributed by atoms with Gasteiger partial charge in [-0.3, -0.25) is 14.4 Å². The zero-order chi connectivity index (χ0) is 18.9. The van der Waals surface area contributed by atoms with Crippen LogP contribution < -0.4 is 10.6 Å². The van der Waals surface area contributed by atoms with Crippen molar-refractivity contribution in [1.82, 2.24) is 15.5 Å². The average molecular weight is 362 g/mol. The van der Waals surface area contributed by atoms with Crippen LogP contribution in [0.15, 0.2) is 0 Å². The maximum atomic E-state index is 12.7. The van der Waals surface area contributed by atoms with Gasteiger partial charge in [0, 0.05) is 20.5 Å².